The minimum Gasteiger partial charge on any atom is -0.361 e. The van der Waals surface area contributed by atoms with E-state index in [1.165, 1.54) is 11.3 Å². The number of nitrogens with zero attached hydrogens (tertiary/aromatic N) is 5. The molecule has 0 spiro atoms. The minimum absolute atomic E-state index is 0.108. The summed E-state index contributed by atoms with van der Waals surface area (Å²) in [6.45, 7) is 4.01. The maximum atomic E-state index is 12.6. The normalized spacial score (nSPS) is 10.7. The predicted octanol–water partition coefficient (Wildman–Crippen LogP) is 2.48. The zero-order valence-electron chi connectivity index (χ0n) is 13.0. The molecule has 0 bridgehead atoms. The quantitative estimate of drug-likeness (QED) is 0.731. The van der Waals surface area contributed by atoms with Crippen LogP contribution in [0.2, 0.25) is 0 Å². The fraction of sp³-hybridized carbons (Fsp3) is 0.267. The van der Waals surface area contributed by atoms with E-state index in [1.54, 1.807) is 30.4 Å². The van der Waals surface area contributed by atoms with E-state index in [1.807, 2.05) is 19.9 Å². The number of rotatable bonds is 4. The lowest BCUT2D eigenvalue weighted by Gasteiger charge is -2.14. The number of thiazole rings is 1. The van der Waals surface area contributed by atoms with Crippen molar-refractivity contribution in [3.8, 4) is 10.8 Å². The van der Waals surface area contributed by atoms with Gasteiger partial charge in [0.05, 0.1) is 12.2 Å². The molecule has 0 aromatic carbocycles. The molecule has 23 heavy (non-hydrogen) atoms. The molecular formula is C15H15N5O2S. The molecule has 118 valence electrons. The van der Waals surface area contributed by atoms with Gasteiger partial charge >= 0.3 is 0 Å². The van der Waals surface area contributed by atoms with Crippen LogP contribution in [0.4, 0.5) is 0 Å². The zero-order chi connectivity index (χ0) is 16.4. The Bertz CT molecular complexity index is 828. The third-order valence-electron chi connectivity index (χ3n) is 3.17. The Morgan fingerprint density at radius 2 is 2.04 bits per heavy atom. The second-order valence-electron chi connectivity index (χ2n) is 5.10. The number of hydrogen-bond acceptors (Lipinski definition) is 7. The molecule has 0 N–H and O–H groups in total. The summed E-state index contributed by atoms with van der Waals surface area (Å²) in [7, 11) is 1.73. The molecular weight excluding hydrogens is 314 g/mol. The minimum atomic E-state index is -0.108. The zero-order valence-corrected chi connectivity index (χ0v) is 13.8. The number of amides is 1. The molecule has 0 radical (unpaired) electrons. The number of hydrogen-bond donors (Lipinski definition) is 0. The number of aromatic nitrogens is 4. The summed E-state index contributed by atoms with van der Waals surface area (Å²) in [5.74, 6) is 1.13. The fourth-order valence-corrected chi connectivity index (χ4v) is 3.09. The van der Waals surface area contributed by atoms with Crippen molar-refractivity contribution in [3.63, 3.8) is 0 Å². The van der Waals surface area contributed by atoms with Crippen molar-refractivity contribution < 1.29 is 9.32 Å². The van der Waals surface area contributed by atoms with Gasteiger partial charge in [-0.3, -0.25) is 4.79 Å². The summed E-state index contributed by atoms with van der Waals surface area (Å²) in [5, 5.41) is 4.54. The summed E-state index contributed by atoms with van der Waals surface area (Å²) in [4.78, 5) is 27.5. The summed E-state index contributed by atoms with van der Waals surface area (Å²) >= 11 is 1.29. The average molecular weight is 329 g/mol. The third-order valence-corrected chi connectivity index (χ3v) is 4.31. The number of aryl methyl sites for hydroxylation is 2. The van der Waals surface area contributed by atoms with Gasteiger partial charge in [-0.15, -0.1) is 11.3 Å². The first kappa shape index (κ1) is 15.3. The van der Waals surface area contributed by atoms with E-state index in [0.717, 1.165) is 5.76 Å². The highest BCUT2D eigenvalue weighted by Crippen LogP contribution is 2.26. The van der Waals surface area contributed by atoms with Gasteiger partial charge in [0.1, 0.15) is 16.3 Å². The summed E-state index contributed by atoms with van der Waals surface area (Å²) in [6, 6.07) is 3.55. The standard InChI is InChI=1S/C15H15N5O2S/c1-9-7-11(19-22-9)8-20(3)15(21)12-10(2)18-14(23-12)13-16-5-4-6-17-13/h4-7H,8H2,1-3H3. The van der Waals surface area contributed by atoms with E-state index in [4.69, 9.17) is 4.52 Å². The van der Waals surface area contributed by atoms with Crippen molar-refractivity contribution in [1.29, 1.82) is 0 Å². The SMILES string of the molecule is Cc1cc(CN(C)C(=O)c2sc(-c3ncccn3)nc2C)no1. The predicted molar refractivity (Wildman–Crippen MR) is 84.9 cm³/mol. The maximum Gasteiger partial charge on any atom is 0.265 e. The summed E-state index contributed by atoms with van der Waals surface area (Å²) in [6.07, 6.45) is 3.30. The lowest BCUT2D eigenvalue weighted by atomic mass is 10.3. The first-order chi connectivity index (χ1) is 11.0. The Labute approximate surface area is 137 Å². The molecule has 1 amide bonds. The van der Waals surface area contributed by atoms with Gasteiger partial charge < -0.3 is 9.42 Å². The van der Waals surface area contributed by atoms with Crippen molar-refractivity contribution >= 4 is 17.2 Å². The summed E-state index contributed by atoms with van der Waals surface area (Å²) in [5.41, 5.74) is 1.39. The first-order valence-electron chi connectivity index (χ1n) is 6.97. The Hall–Kier alpha value is -2.61. The van der Waals surface area contributed by atoms with Gasteiger partial charge in [-0.05, 0) is 19.9 Å². The van der Waals surface area contributed by atoms with E-state index < -0.39 is 0 Å². The van der Waals surface area contributed by atoms with Crippen molar-refractivity contribution in [2.75, 3.05) is 7.05 Å². The molecule has 8 heteroatoms. The van der Waals surface area contributed by atoms with Crippen LogP contribution >= 0.6 is 11.3 Å². The molecule has 0 saturated carbocycles. The third kappa shape index (κ3) is 3.26. The monoisotopic (exact) mass is 329 g/mol. The topological polar surface area (TPSA) is 85.0 Å². The van der Waals surface area contributed by atoms with Crippen molar-refractivity contribution in [1.82, 2.24) is 25.0 Å². The molecule has 3 rings (SSSR count). The van der Waals surface area contributed by atoms with Gasteiger partial charge in [0, 0.05) is 25.5 Å². The van der Waals surface area contributed by atoms with Crippen molar-refractivity contribution in [3.05, 3.63) is 46.6 Å². The van der Waals surface area contributed by atoms with Crippen LogP contribution in [0.5, 0.6) is 0 Å². The Morgan fingerprint density at radius 1 is 1.30 bits per heavy atom. The molecule has 0 fully saturated rings. The molecule has 0 saturated heterocycles. The molecule has 0 atom stereocenters. The fourth-order valence-electron chi connectivity index (χ4n) is 2.08. The molecule has 0 aliphatic heterocycles. The van der Waals surface area contributed by atoms with Crippen LogP contribution in [0.25, 0.3) is 10.8 Å². The van der Waals surface area contributed by atoms with Gasteiger partial charge in [-0.2, -0.15) is 0 Å². The van der Waals surface area contributed by atoms with Crippen LogP contribution in [0.1, 0.15) is 26.8 Å². The van der Waals surface area contributed by atoms with Gasteiger partial charge in [0.15, 0.2) is 10.8 Å². The van der Waals surface area contributed by atoms with Crippen LogP contribution in [-0.4, -0.2) is 38.0 Å². The molecule has 7 nitrogen and oxygen atoms in total. The van der Waals surface area contributed by atoms with E-state index >= 15 is 0 Å². The molecule has 0 aliphatic carbocycles. The van der Waals surface area contributed by atoms with E-state index in [-0.39, 0.29) is 5.91 Å². The highest BCUT2D eigenvalue weighted by atomic mass is 32.1. The van der Waals surface area contributed by atoms with Crippen LogP contribution in [0.3, 0.4) is 0 Å². The first-order valence-corrected chi connectivity index (χ1v) is 7.78. The van der Waals surface area contributed by atoms with Gasteiger partial charge in [-0.1, -0.05) is 5.16 Å². The molecule has 0 unspecified atom stereocenters. The van der Waals surface area contributed by atoms with Crippen LogP contribution < -0.4 is 0 Å². The number of carbonyl (C=O) groups excluding carboxylic acids is 1. The van der Waals surface area contributed by atoms with Crippen LogP contribution in [-0.2, 0) is 6.54 Å². The number of carbonyl (C=O) groups is 1. The van der Waals surface area contributed by atoms with Gasteiger partial charge in [0.2, 0.25) is 0 Å². The second kappa shape index (κ2) is 6.25. The highest BCUT2D eigenvalue weighted by Gasteiger charge is 2.21. The molecule has 3 aromatic heterocycles. The van der Waals surface area contributed by atoms with Gasteiger partial charge in [0.25, 0.3) is 5.91 Å². The van der Waals surface area contributed by atoms with Crippen LogP contribution in [0, 0.1) is 13.8 Å². The van der Waals surface area contributed by atoms with Crippen molar-refractivity contribution in [2.24, 2.45) is 0 Å². The van der Waals surface area contributed by atoms with Gasteiger partial charge in [-0.25, -0.2) is 15.0 Å². The Kier molecular flexibility index (Phi) is 4.16. The Morgan fingerprint density at radius 3 is 2.70 bits per heavy atom. The van der Waals surface area contributed by atoms with E-state index in [2.05, 4.69) is 20.1 Å². The second-order valence-corrected chi connectivity index (χ2v) is 6.10. The molecule has 3 heterocycles. The Balaban J connectivity index is 1.81. The van der Waals surface area contributed by atoms with E-state index in [0.29, 0.717) is 33.6 Å². The smallest absolute Gasteiger partial charge is 0.265 e. The van der Waals surface area contributed by atoms with E-state index in [9.17, 15) is 4.79 Å². The maximum absolute atomic E-state index is 12.6. The average Bonchev–Trinajstić information content (AvgIpc) is 3.13. The molecule has 0 aliphatic rings. The molecule has 3 aromatic rings. The lowest BCUT2D eigenvalue weighted by molar-refractivity contribution is 0.0786. The highest BCUT2D eigenvalue weighted by molar-refractivity contribution is 7.17. The largest absolute Gasteiger partial charge is 0.361 e. The van der Waals surface area contributed by atoms with Crippen molar-refractivity contribution in [2.45, 2.75) is 20.4 Å². The van der Waals surface area contributed by atoms with Crippen LogP contribution in [0.15, 0.2) is 29.0 Å². The lowest BCUT2D eigenvalue weighted by Crippen LogP contribution is -2.26. The summed E-state index contributed by atoms with van der Waals surface area (Å²) < 4.78 is 5.02.